The Kier molecular flexibility index (Phi) is 4.03. The first-order valence-corrected chi connectivity index (χ1v) is 8.23. The summed E-state index contributed by atoms with van der Waals surface area (Å²) in [6.45, 7) is 4.65. The van der Waals surface area contributed by atoms with Crippen molar-refractivity contribution in [2.24, 2.45) is 11.3 Å². The Hall–Kier alpha value is -1.34. The van der Waals surface area contributed by atoms with E-state index in [2.05, 4.69) is 56.3 Å². The summed E-state index contributed by atoms with van der Waals surface area (Å²) in [6.07, 6.45) is 5.52. The molecule has 0 radical (unpaired) electrons. The molecular formula is C20H26O. The minimum absolute atomic E-state index is 0.230. The van der Waals surface area contributed by atoms with E-state index in [1.54, 1.807) is 0 Å². The van der Waals surface area contributed by atoms with Crippen molar-refractivity contribution in [3.05, 3.63) is 48.0 Å². The molecule has 1 N–H and O–H groups in total. The smallest absolute Gasteiger partial charge is 0.0614 e. The number of hydrogen-bond acceptors (Lipinski definition) is 1. The summed E-state index contributed by atoms with van der Waals surface area (Å²) in [5.41, 5.74) is 1.55. The average molecular weight is 282 g/mol. The van der Waals surface area contributed by atoms with Crippen molar-refractivity contribution < 1.29 is 5.11 Å². The number of aliphatic hydroxyl groups is 1. The van der Waals surface area contributed by atoms with Gasteiger partial charge in [0, 0.05) is 0 Å². The topological polar surface area (TPSA) is 20.2 Å². The first-order valence-electron chi connectivity index (χ1n) is 8.23. The molecule has 0 aromatic heterocycles. The highest BCUT2D eigenvalue weighted by Crippen LogP contribution is 2.43. The lowest BCUT2D eigenvalue weighted by Gasteiger charge is -2.41. The van der Waals surface area contributed by atoms with Crippen LogP contribution in [0.4, 0.5) is 0 Å². The van der Waals surface area contributed by atoms with Gasteiger partial charge in [-0.1, -0.05) is 69.2 Å². The fraction of sp³-hybridized carbons (Fsp3) is 0.500. The highest BCUT2D eigenvalue weighted by Gasteiger charge is 2.36. The summed E-state index contributed by atoms with van der Waals surface area (Å²) >= 11 is 0. The molecule has 0 bridgehead atoms. The first kappa shape index (κ1) is 14.6. The summed E-state index contributed by atoms with van der Waals surface area (Å²) in [6, 6.07) is 14.9. The number of benzene rings is 2. The molecule has 1 aliphatic rings. The van der Waals surface area contributed by atoms with Crippen molar-refractivity contribution >= 4 is 10.8 Å². The van der Waals surface area contributed by atoms with Crippen LogP contribution in [-0.4, -0.2) is 11.2 Å². The molecule has 0 saturated heterocycles. The number of aliphatic hydroxyl groups excluding tert-OH is 1. The van der Waals surface area contributed by atoms with Crippen molar-refractivity contribution in [2.75, 3.05) is 0 Å². The lowest BCUT2D eigenvalue weighted by Crippen LogP contribution is -2.37. The maximum Gasteiger partial charge on any atom is 0.0614 e. The molecule has 1 fully saturated rings. The van der Waals surface area contributed by atoms with E-state index >= 15 is 0 Å². The summed E-state index contributed by atoms with van der Waals surface area (Å²) in [4.78, 5) is 0. The second-order valence-corrected chi connectivity index (χ2v) is 7.25. The van der Waals surface area contributed by atoms with Crippen LogP contribution < -0.4 is 0 Å². The van der Waals surface area contributed by atoms with Gasteiger partial charge in [0.05, 0.1) is 6.10 Å². The molecule has 0 spiro atoms. The average Bonchev–Trinajstić information content (AvgIpc) is 2.47. The first-order chi connectivity index (χ1) is 10.1. The van der Waals surface area contributed by atoms with Crippen molar-refractivity contribution in [3.8, 4) is 0 Å². The Labute approximate surface area is 128 Å². The Morgan fingerprint density at radius 2 is 1.86 bits per heavy atom. The van der Waals surface area contributed by atoms with Crippen molar-refractivity contribution in [2.45, 2.75) is 52.1 Å². The predicted molar refractivity (Wildman–Crippen MR) is 89.4 cm³/mol. The fourth-order valence-corrected chi connectivity index (χ4v) is 4.07. The summed E-state index contributed by atoms with van der Waals surface area (Å²) in [7, 11) is 0. The van der Waals surface area contributed by atoms with Gasteiger partial charge >= 0.3 is 0 Å². The van der Waals surface area contributed by atoms with Crippen LogP contribution in [0.2, 0.25) is 0 Å². The molecule has 2 atom stereocenters. The van der Waals surface area contributed by atoms with Gasteiger partial charge in [0.1, 0.15) is 0 Å². The Bertz CT molecular complexity index is 609. The summed E-state index contributed by atoms with van der Waals surface area (Å²) < 4.78 is 0. The molecule has 2 unspecified atom stereocenters. The SMILES string of the molecule is CC1(C)CCCCC1C(O)Cc1cccc2ccccc12. The second-order valence-electron chi connectivity index (χ2n) is 7.25. The van der Waals surface area contributed by atoms with Crippen LogP contribution in [0.1, 0.15) is 45.1 Å². The molecule has 0 aliphatic heterocycles. The van der Waals surface area contributed by atoms with Gasteiger partial charge in [0.15, 0.2) is 0 Å². The maximum absolute atomic E-state index is 10.8. The zero-order valence-electron chi connectivity index (χ0n) is 13.2. The molecule has 1 saturated carbocycles. The van der Waals surface area contributed by atoms with Crippen molar-refractivity contribution in [1.82, 2.24) is 0 Å². The number of hydrogen-bond donors (Lipinski definition) is 1. The van der Waals surface area contributed by atoms with E-state index in [0.29, 0.717) is 5.92 Å². The normalized spacial score (nSPS) is 23.1. The van der Waals surface area contributed by atoms with Gasteiger partial charge in [-0.3, -0.25) is 0 Å². The molecule has 1 nitrogen and oxygen atoms in total. The molecule has 21 heavy (non-hydrogen) atoms. The zero-order chi connectivity index (χ0) is 14.9. The van der Waals surface area contributed by atoms with E-state index in [1.807, 2.05) is 0 Å². The lowest BCUT2D eigenvalue weighted by molar-refractivity contribution is 0.00597. The molecule has 1 aliphatic carbocycles. The van der Waals surface area contributed by atoms with Crippen LogP contribution in [0.5, 0.6) is 0 Å². The molecule has 0 heterocycles. The Morgan fingerprint density at radius 3 is 2.67 bits per heavy atom. The zero-order valence-corrected chi connectivity index (χ0v) is 13.2. The van der Waals surface area contributed by atoms with E-state index in [1.165, 1.54) is 42.0 Å². The molecular weight excluding hydrogens is 256 g/mol. The van der Waals surface area contributed by atoms with Gasteiger partial charge in [-0.25, -0.2) is 0 Å². The van der Waals surface area contributed by atoms with Gasteiger partial charge in [0.2, 0.25) is 0 Å². The minimum Gasteiger partial charge on any atom is -0.392 e. The van der Waals surface area contributed by atoms with E-state index < -0.39 is 0 Å². The summed E-state index contributed by atoms with van der Waals surface area (Å²) in [5, 5.41) is 13.4. The van der Waals surface area contributed by atoms with Crippen LogP contribution >= 0.6 is 0 Å². The van der Waals surface area contributed by atoms with Gasteiger partial charge in [-0.15, -0.1) is 0 Å². The third-order valence-corrected chi connectivity index (χ3v) is 5.36. The Balaban J connectivity index is 1.84. The fourth-order valence-electron chi connectivity index (χ4n) is 4.07. The van der Waals surface area contributed by atoms with Crippen LogP contribution in [0, 0.1) is 11.3 Å². The third-order valence-electron chi connectivity index (χ3n) is 5.36. The number of rotatable bonds is 3. The highest BCUT2D eigenvalue weighted by molar-refractivity contribution is 5.85. The molecule has 112 valence electrons. The van der Waals surface area contributed by atoms with E-state index in [0.717, 1.165) is 6.42 Å². The summed E-state index contributed by atoms with van der Waals surface area (Å²) in [5.74, 6) is 0.421. The van der Waals surface area contributed by atoms with Crippen LogP contribution in [-0.2, 0) is 6.42 Å². The van der Waals surface area contributed by atoms with Gasteiger partial charge in [-0.2, -0.15) is 0 Å². The molecule has 2 aromatic rings. The highest BCUT2D eigenvalue weighted by atomic mass is 16.3. The second kappa shape index (κ2) is 5.81. The third kappa shape index (κ3) is 2.98. The predicted octanol–water partition coefficient (Wildman–Crippen LogP) is 4.96. The molecule has 0 amide bonds. The van der Waals surface area contributed by atoms with Crippen LogP contribution in [0.25, 0.3) is 10.8 Å². The van der Waals surface area contributed by atoms with E-state index in [9.17, 15) is 5.11 Å². The standard InChI is InChI=1S/C20H26O/c1-20(2)13-6-5-12-18(20)19(21)14-16-10-7-9-15-8-3-4-11-17(15)16/h3-4,7-11,18-19,21H,5-6,12-14H2,1-2H3. The van der Waals surface area contributed by atoms with Gasteiger partial charge in [0.25, 0.3) is 0 Å². The Morgan fingerprint density at radius 1 is 1.10 bits per heavy atom. The molecule has 3 rings (SSSR count). The maximum atomic E-state index is 10.8. The number of fused-ring (bicyclic) bond motifs is 1. The van der Waals surface area contributed by atoms with Gasteiger partial charge in [-0.05, 0) is 46.9 Å². The molecule has 2 aromatic carbocycles. The van der Waals surface area contributed by atoms with Crippen LogP contribution in [0.3, 0.4) is 0 Å². The molecule has 1 heteroatoms. The minimum atomic E-state index is -0.230. The van der Waals surface area contributed by atoms with Crippen molar-refractivity contribution in [1.29, 1.82) is 0 Å². The van der Waals surface area contributed by atoms with Gasteiger partial charge < -0.3 is 5.11 Å². The van der Waals surface area contributed by atoms with E-state index in [4.69, 9.17) is 0 Å². The van der Waals surface area contributed by atoms with E-state index in [-0.39, 0.29) is 11.5 Å². The van der Waals surface area contributed by atoms with Crippen molar-refractivity contribution in [3.63, 3.8) is 0 Å². The van der Waals surface area contributed by atoms with Crippen LogP contribution in [0.15, 0.2) is 42.5 Å². The monoisotopic (exact) mass is 282 g/mol. The quantitative estimate of drug-likeness (QED) is 0.843. The lowest BCUT2D eigenvalue weighted by atomic mass is 9.66. The largest absolute Gasteiger partial charge is 0.392 e.